The Labute approximate surface area is 105 Å². The van der Waals surface area contributed by atoms with Gasteiger partial charge in [-0.1, -0.05) is 12.2 Å². The fourth-order valence-electron chi connectivity index (χ4n) is 1.98. The average Bonchev–Trinajstić information content (AvgIpc) is 2.75. The Morgan fingerprint density at radius 3 is 2.39 bits per heavy atom. The van der Waals surface area contributed by atoms with E-state index in [1.807, 2.05) is 19.9 Å². The minimum absolute atomic E-state index is 0.331. The number of ether oxygens (including phenoxy) is 1. The van der Waals surface area contributed by atoms with E-state index in [2.05, 4.69) is 4.74 Å². The number of esters is 2. The van der Waals surface area contributed by atoms with E-state index in [1.54, 1.807) is 19.1 Å². The topological polar surface area (TPSA) is 56.5 Å². The number of cyclic esters (lactones) is 2. The van der Waals surface area contributed by atoms with Gasteiger partial charge in [-0.25, -0.2) is 9.59 Å². The van der Waals surface area contributed by atoms with Gasteiger partial charge in [0.1, 0.15) is 11.5 Å². The van der Waals surface area contributed by atoms with E-state index in [0.29, 0.717) is 17.6 Å². The van der Waals surface area contributed by atoms with Crippen LogP contribution in [0.3, 0.4) is 0 Å². The fraction of sp³-hybridized carbons (Fsp3) is 0.286. The smallest absolute Gasteiger partial charge is 0.346 e. The van der Waals surface area contributed by atoms with Gasteiger partial charge in [-0.2, -0.15) is 0 Å². The van der Waals surface area contributed by atoms with E-state index in [0.717, 1.165) is 17.1 Å². The first kappa shape index (κ1) is 12.4. The maximum absolute atomic E-state index is 11.5. The Morgan fingerprint density at radius 2 is 1.83 bits per heavy atom. The lowest BCUT2D eigenvalue weighted by atomic mass is 10.0. The van der Waals surface area contributed by atoms with Gasteiger partial charge in [-0.15, -0.1) is 0 Å². The molecule has 0 amide bonds. The summed E-state index contributed by atoms with van der Waals surface area (Å²) in [5, 5.41) is 0. The van der Waals surface area contributed by atoms with Crippen LogP contribution in [0.25, 0.3) is 0 Å². The Morgan fingerprint density at radius 1 is 1.17 bits per heavy atom. The van der Waals surface area contributed by atoms with Crippen LogP contribution in [0.1, 0.15) is 24.0 Å². The number of allylic oxidation sites excluding steroid dienone is 2. The van der Waals surface area contributed by atoms with Crippen molar-refractivity contribution in [2.45, 2.75) is 27.2 Å². The summed E-state index contributed by atoms with van der Waals surface area (Å²) in [6.45, 7) is 5.44. The molecule has 18 heavy (non-hydrogen) atoms. The van der Waals surface area contributed by atoms with E-state index >= 15 is 0 Å². The molecule has 1 saturated heterocycles. The molecule has 1 aromatic rings. The van der Waals surface area contributed by atoms with Crippen molar-refractivity contribution in [2.75, 3.05) is 0 Å². The Hall–Kier alpha value is -2.10. The summed E-state index contributed by atoms with van der Waals surface area (Å²) in [4.78, 5) is 22.8. The minimum atomic E-state index is -0.578. The van der Waals surface area contributed by atoms with Crippen LogP contribution in [0, 0.1) is 13.8 Å². The van der Waals surface area contributed by atoms with Crippen LogP contribution in [-0.2, 0) is 20.7 Å². The second kappa shape index (κ2) is 4.64. The van der Waals surface area contributed by atoms with Crippen molar-refractivity contribution in [3.05, 3.63) is 46.4 Å². The van der Waals surface area contributed by atoms with Crippen LogP contribution in [0.2, 0.25) is 0 Å². The molecule has 4 heteroatoms. The first-order chi connectivity index (χ1) is 8.52. The summed E-state index contributed by atoms with van der Waals surface area (Å²) >= 11 is 0. The summed E-state index contributed by atoms with van der Waals surface area (Å²) < 4.78 is 9.97. The zero-order chi connectivity index (χ0) is 13.3. The molecule has 0 bridgehead atoms. The molecule has 1 aliphatic rings. The van der Waals surface area contributed by atoms with Gasteiger partial charge < -0.3 is 9.15 Å². The Bertz CT molecular complexity index is 573. The lowest BCUT2D eigenvalue weighted by Crippen LogP contribution is -1.97. The number of hydrogen-bond acceptors (Lipinski definition) is 4. The van der Waals surface area contributed by atoms with Crippen molar-refractivity contribution in [1.29, 1.82) is 0 Å². The van der Waals surface area contributed by atoms with Crippen molar-refractivity contribution in [3.63, 3.8) is 0 Å². The number of hydrogen-bond donors (Lipinski definition) is 0. The van der Waals surface area contributed by atoms with E-state index in [4.69, 9.17) is 4.42 Å². The molecule has 0 N–H and O–H groups in total. The van der Waals surface area contributed by atoms with Crippen LogP contribution in [-0.4, -0.2) is 11.9 Å². The van der Waals surface area contributed by atoms with E-state index in [-0.39, 0.29) is 0 Å². The molecule has 0 atom stereocenters. The van der Waals surface area contributed by atoms with E-state index < -0.39 is 11.9 Å². The first-order valence-corrected chi connectivity index (χ1v) is 5.72. The van der Waals surface area contributed by atoms with Gasteiger partial charge >= 0.3 is 11.9 Å². The molecule has 2 heterocycles. The zero-order valence-electron chi connectivity index (χ0n) is 10.6. The van der Waals surface area contributed by atoms with Gasteiger partial charge in [-0.05, 0) is 38.8 Å². The molecule has 0 spiro atoms. The highest BCUT2D eigenvalue weighted by Gasteiger charge is 2.32. The van der Waals surface area contributed by atoms with E-state index in [1.165, 1.54) is 0 Å². The average molecular weight is 246 g/mol. The van der Waals surface area contributed by atoms with Crippen LogP contribution < -0.4 is 0 Å². The third-order valence-electron chi connectivity index (χ3n) is 2.87. The van der Waals surface area contributed by atoms with E-state index in [9.17, 15) is 9.59 Å². The predicted molar refractivity (Wildman–Crippen MR) is 64.8 cm³/mol. The van der Waals surface area contributed by atoms with Crippen molar-refractivity contribution < 1.29 is 18.7 Å². The number of aryl methyl sites for hydroxylation is 2. The maximum Gasteiger partial charge on any atom is 0.346 e. The molecule has 4 nitrogen and oxygen atoms in total. The molecule has 2 rings (SSSR count). The number of furan rings is 1. The summed E-state index contributed by atoms with van der Waals surface area (Å²) in [5.74, 6) is 0.501. The number of carbonyl (C=O) groups excluding carboxylic acids is 2. The highest BCUT2D eigenvalue weighted by molar-refractivity contribution is 6.18. The quantitative estimate of drug-likeness (QED) is 0.457. The largest absolute Gasteiger partial charge is 0.466 e. The lowest BCUT2D eigenvalue weighted by molar-refractivity contribution is -0.149. The summed E-state index contributed by atoms with van der Waals surface area (Å²) in [6, 6.07) is 1.92. The van der Waals surface area contributed by atoms with Crippen LogP contribution in [0.4, 0.5) is 0 Å². The lowest BCUT2D eigenvalue weighted by Gasteiger charge is -1.94. The monoisotopic (exact) mass is 246 g/mol. The summed E-state index contributed by atoms with van der Waals surface area (Å²) in [7, 11) is 0. The Kier molecular flexibility index (Phi) is 3.19. The Balaban J connectivity index is 2.26. The second-order valence-corrected chi connectivity index (χ2v) is 4.14. The minimum Gasteiger partial charge on any atom is -0.466 e. The van der Waals surface area contributed by atoms with Gasteiger partial charge in [0.15, 0.2) is 0 Å². The van der Waals surface area contributed by atoms with Crippen molar-refractivity contribution in [3.8, 4) is 0 Å². The van der Waals surface area contributed by atoms with Crippen molar-refractivity contribution in [2.24, 2.45) is 0 Å². The van der Waals surface area contributed by atoms with Crippen LogP contribution in [0.15, 0.2) is 33.8 Å². The van der Waals surface area contributed by atoms with Gasteiger partial charge in [0.25, 0.3) is 0 Å². The van der Waals surface area contributed by atoms with Crippen molar-refractivity contribution in [1.82, 2.24) is 0 Å². The molecular formula is C14H14O4. The maximum atomic E-state index is 11.5. The summed E-state index contributed by atoms with van der Waals surface area (Å²) in [5.41, 5.74) is 1.67. The molecular weight excluding hydrogens is 232 g/mol. The fourth-order valence-corrected chi connectivity index (χ4v) is 1.98. The molecule has 1 fully saturated rings. The van der Waals surface area contributed by atoms with Crippen LogP contribution in [0.5, 0.6) is 0 Å². The molecule has 94 valence electrons. The van der Waals surface area contributed by atoms with Gasteiger partial charge in [0.2, 0.25) is 0 Å². The predicted octanol–water partition coefficient (Wildman–Crippen LogP) is 2.40. The molecule has 0 aromatic carbocycles. The molecule has 0 unspecified atom stereocenters. The molecule has 0 saturated carbocycles. The molecule has 0 radical (unpaired) electrons. The van der Waals surface area contributed by atoms with Gasteiger partial charge in [0.05, 0.1) is 11.1 Å². The zero-order valence-corrected chi connectivity index (χ0v) is 10.6. The summed E-state index contributed by atoms with van der Waals surface area (Å²) in [6.07, 6.45) is 3.84. The number of rotatable bonds is 2. The van der Waals surface area contributed by atoms with Crippen molar-refractivity contribution >= 4 is 11.9 Å². The third kappa shape index (κ3) is 2.14. The van der Waals surface area contributed by atoms with Gasteiger partial charge in [0, 0.05) is 0 Å². The first-order valence-electron chi connectivity index (χ1n) is 5.72. The SMILES string of the molecule is C/C=C1/C(=O)OC(=O)/C1=C\Cc1cc(C)oc1C. The normalized spacial score (nSPS) is 19.9. The number of carbonyl (C=O) groups is 2. The highest BCUT2D eigenvalue weighted by Crippen LogP contribution is 2.23. The molecule has 1 aliphatic heterocycles. The molecule has 0 aliphatic carbocycles. The standard InChI is InChI=1S/C14H14O4/c1-4-11-12(14(16)18-13(11)15)6-5-10-7-8(2)17-9(10)3/h4,6-7H,5H2,1-3H3/b11-4+,12-6-. The third-order valence-corrected chi connectivity index (χ3v) is 2.87. The highest BCUT2D eigenvalue weighted by atomic mass is 16.6. The molecule has 1 aromatic heterocycles. The van der Waals surface area contributed by atoms with Crippen LogP contribution >= 0.6 is 0 Å². The van der Waals surface area contributed by atoms with Gasteiger partial charge in [-0.3, -0.25) is 0 Å². The second-order valence-electron chi connectivity index (χ2n) is 4.14.